The van der Waals surface area contributed by atoms with E-state index in [1.165, 1.54) is 19.2 Å². The highest BCUT2D eigenvalue weighted by Gasteiger charge is 2.37. The number of carbonyl (C=O) groups is 1. The Morgan fingerprint density at radius 3 is 2.50 bits per heavy atom. The zero-order chi connectivity index (χ0) is 16.5. The van der Waals surface area contributed by atoms with Crippen LogP contribution >= 0.6 is 11.6 Å². The second-order valence-electron chi connectivity index (χ2n) is 6.17. The Morgan fingerprint density at radius 1 is 1.36 bits per heavy atom. The highest BCUT2D eigenvalue weighted by molar-refractivity contribution is 7.92. The van der Waals surface area contributed by atoms with Crippen molar-refractivity contribution < 1.29 is 13.2 Å². The fraction of sp³-hybridized carbons (Fsp3) is 0.600. The van der Waals surface area contributed by atoms with Crippen LogP contribution in [-0.2, 0) is 14.6 Å². The summed E-state index contributed by atoms with van der Waals surface area (Å²) in [6.45, 7) is 6.75. The fourth-order valence-corrected chi connectivity index (χ4v) is 4.72. The number of hydrogen-bond acceptors (Lipinski definition) is 4. The summed E-state index contributed by atoms with van der Waals surface area (Å²) in [7, 11) is -3.89. The molecule has 2 heterocycles. The zero-order valence-electron chi connectivity index (χ0n) is 13.0. The molecular weight excluding hydrogens is 324 g/mol. The van der Waals surface area contributed by atoms with Crippen molar-refractivity contribution in [2.24, 2.45) is 11.8 Å². The van der Waals surface area contributed by atoms with Crippen LogP contribution in [0.2, 0.25) is 5.02 Å². The molecule has 2 rings (SSSR count). The first-order valence-corrected chi connectivity index (χ1v) is 9.29. The number of piperidine rings is 1. The van der Waals surface area contributed by atoms with Gasteiger partial charge in [0.2, 0.25) is 15.7 Å². The lowest BCUT2D eigenvalue weighted by atomic mass is 9.92. The lowest BCUT2D eigenvalue weighted by Gasteiger charge is -2.36. The van der Waals surface area contributed by atoms with Gasteiger partial charge in [-0.05, 0) is 37.3 Å². The molecule has 0 N–H and O–H groups in total. The lowest BCUT2D eigenvalue weighted by molar-refractivity contribution is -0.133. The summed E-state index contributed by atoms with van der Waals surface area (Å²) >= 11 is 5.92. The number of sulfone groups is 1. The topological polar surface area (TPSA) is 67.3 Å². The molecule has 0 bridgehead atoms. The highest BCUT2D eigenvalue weighted by atomic mass is 35.5. The zero-order valence-corrected chi connectivity index (χ0v) is 14.6. The van der Waals surface area contributed by atoms with Crippen molar-refractivity contribution in [3.05, 3.63) is 23.4 Å². The molecule has 3 atom stereocenters. The van der Waals surface area contributed by atoms with E-state index in [0.717, 1.165) is 6.42 Å². The number of halogens is 1. The number of amides is 1. The predicted molar refractivity (Wildman–Crippen MR) is 85.4 cm³/mol. The first-order chi connectivity index (χ1) is 10.2. The number of rotatable bonds is 3. The molecule has 0 aromatic carbocycles. The molecule has 1 saturated heterocycles. The molecule has 1 aliphatic heterocycles. The number of carbonyl (C=O) groups excluding carboxylic acids is 1. The van der Waals surface area contributed by atoms with Crippen molar-refractivity contribution in [3.8, 4) is 0 Å². The van der Waals surface area contributed by atoms with Gasteiger partial charge in [0.25, 0.3) is 0 Å². The predicted octanol–water partition coefficient (Wildman–Crippen LogP) is 2.40. The molecular formula is C15H21ClN2O3S. The largest absolute Gasteiger partial charge is 0.341 e. The molecule has 1 aromatic rings. The minimum absolute atomic E-state index is 0.0440. The summed E-state index contributed by atoms with van der Waals surface area (Å²) in [5, 5.41) is -1.37. The van der Waals surface area contributed by atoms with E-state index in [4.69, 9.17) is 11.6 Å². The maximum Gasteiger partial charge on any atom is 0.241 e. The third-order valence-corrected chi connectivity index (χ3v) is 6.40. The second-order valence-corrected chi connectivity index (χ2v) is 8.76. The van der Waals surface area contributed by atoms with Gasteiger partial charge in [-0.15, -0.1) is 0 Å². The van der Waals surface area contributed by atoms with Gasteiger partial charge in [0, 0.05) is 19.3 Å². The minimum Gasteiger partial charge on any atom is -0.341 e. The molecule has 1 aromatic heterocycles. The van der Waals surface area contributed by atoms with E-state index >= 15 is 0 Å². The normalized spacial score (nSPS) is 24.1. The van der Waals surface area contributed by atoms with Crippen LogP contribution in [0.5, 0.6) is 0 Å². The Morgan fingerprint density at radius 2 is 1.95 bits per heavy atom. The van der Waals surface area contributed by atoms with Crippen LogP contribution < -0.4 is 0 Å². The SMILES string of the molecule is CC1CC(C)CN(C(=O)C(C)S(=O)(=O)c2ncccc2Cl)C1. The number of hydrogen-bond donors (Lipinski definition) is 0. The number of pyridine rings is 1. The standard InChI is InChI=1S/C15H21ClN2O3S/c1-10-7-11(2)9-18(8-10)15(19)12(3)22(20,21)14-13(16)5-4-6-17-14/h4-6,10-12H,7-9H2,1-3H3. The van der Waals surface area contributed by atoms with Gasteiger partial charge in [0.05, 0.1) is 5.02 Å². The lowest BCUT2D eigenvalue weighted by Crippen LogP contribution is -2.48. The van der Waals surface area contributed by atoms with Crippen LogP contribution in [0.1, 0.15) is 27.2 Å². The maximum absolute atomic E-state index is 12.6. The van der Waals surface area contributed by atoms with Gasteiger partial charge in [-0.2, -0.15) is 0 Å². The van der Waals surface area contributed by atoms with Crippen molar-refractivity contribution in [3.63, 3.8) is 0 Å². The summed E-state index contributed by atoms with van der Waals surface area (Å²) < 4.78 is 25.2. The third-order valence-electron chi connectivity index (χ3n) is 3.99. The van der Waals surface area contributed by atoms with E-state index in [-0.39, 0.29) is 16.0 Å². The molecule has 3 unspecified atom stereocenters. The van der Waals surface area contributed by atoms with Crippen LogP contribution in [0.25, 0.3) is 0 Å². The quantitative estimate of drug-likeness (QED) is 0.844. The number of likely N-dealkylation sites (tertiary alicyclic amines) is 1. The summed E-state index contributed by atoms with van der Waals surface area (Å²) in [6.07, 6.45) is 2.41. The first-order valence-electron chi connectivity index (χ1n) is 7.36. The van der Waals surface area contributed by atoms with Gasteiger partial charge in [0.1, 0.15) is 5.25 Å². The van der Waals surface area contributed by atoms with Crippen LogP contribution in [0.4, 0.5) is 0 Å². The van der Waals surface area contributed by atoms with Crippen LogP contribution in [-0.4, -0.2) is 42.5 Å². The summed E-state index contributed by atoms with van der Waals surface area (Å²) in [4.78, 5) is 18.1. The molecule has 122 valence electrons. The molecule has 0 radical (unpaired) electrons. The summed E-state index contributed by atoms with van der Waals surface area (Å²) in [5.74, 6) is 0.377. The van der Waals surface area contributed by atoms with Gasteiger partial charge in [-0.25, -0.2) is 13.4 Å². The molecule has 22 heavy (non-hydrogen) atoms. The summed E-state index contributed by atoms with van der Waals surface area (Å²) in [5.41, 5.74) is 0. The first kappa shape index (κ1) is 17.2. The Balaban J connectivity index is 2.25. The smallest absolute Gasteiger partial charge is 0.241 e. The van der Waals surface area contributed by atoms with E-state index in [2.05, 4.69) is 18.8 Å². The Kier molecular flexibility index (Phi) is 5.12. The van der Waals surface area contributed by atoms with Crippen molar-refractivity contribution >= 4 is 27.3 Å². The minimum atomic E-state index is -3.89. The maximum atomic E-state index is 12.6. The van der Waals surface area contributed by atoms with Gasteiger partial charge in [-0.1, -0.05) is 25.4 Å². The molecule has 0 aliphatic carbocycles. The fourth-order valence-electron chi connectivity index (χ4n) is 2.98. The van der Waals surface area contributed by atoms with E-state index in [1.807, 2.05) is 0 Å². The monoisotopic (exact) mass is 344 g/mol. The highest BCUT2D eigenvalue weighted by Crippen LogP contribution is 2.26. The Hall–Kier alpha value is -1.14. The van der Waals surface area contributed by atoms with Gasteiger partial charge in [0.15, 0.2) is 5.03 Å². The average Bonchev–Trinajstić information content (AvgIpc) is 2.44. The van der Waals surface area contributed by atoms with Crippen molar-refractivity contribution in [2.75, 3.05) is 13.1 Å². The van der Waals surface area contributed by atoms with Gasteiger partial charge >= 0.3 is 0 Å². The summed E-state index contributed by atoms with van der Waals surface area (Å²) in [6, 6.07) is 3.02. The molecule has 5 nitrogen and oxygen atoms in total. The van der Waals surface area contributed by atoms with Crippen LogP contribution in [0, 0.1) is 11.8 Å². The Labute approximate surface area is 136 Å². The number of aromatic nitrogens is 1. The van der Waals surface area contributed by atoms with E-state index in [9.17, 15) is 13.2 Å². The molecule has 1 amide bonds. The van der Waals surface area contributed by atoms with Crippen molar-refractivity contribution in [1.82, 2.24) is 9.88 Å². The van der Waals surface area contributed by atoms with Crippen LogP contribution in [0.15, 0.2) is 23.4 Å². The van der Waals surface area contributed by atoms with Gasteiger partial charge in [-0.3, -0.25) is 4.79 Å². The molecule has 1 aliphatic rings. The second kappa shape index (κ2) is 6.54. The van der Waals surface area contributed by atoms with Crippen molar-refractivity contribution in [2.45, 2.75) is 37.5 Å². The van der Waals surface area contributed by atoms with Crippen LogP contribution in [0.3, 0.4) is 0 Å². The van der Waals surface area contributed by atoms with Crippen molar-refractivity contribution in [1.29, 1.82) is 0 Å². The number of nitrogens with zero attached hydrogens (tertiary/aromatic N) is 2. The Bertz CT molecular complexity index is 653. The molecule has 7 heteroatoms. The average molecular weight is 345 g/mol. The van der Waals surface area contributed by atoms with E-state index in [1.54, 1.807) is 11.0 Å². The molecule has 1 fully saturated rings. The molecule has 0 spiro atoms. The third kappa shape index (κ3) is 3.43. The van der Waals surface area contributed by atoms with Gasteiger partial charge < -0.3 is 4.90 Å². The molecule has 0 saturated carbocycles. The van der Waals surface area contributed by atoms with E-state index in [0.29, 0.717) is 24.9 Å². The van der Waals surface area contributed by atoms with E-state index < -0.39 is 15.1 Å².